The quantitative estimate of drug-likeness (QED) is 0.0272. The zero-order valence-electron chi connectivity index (χ0n) is 59.1. The number of likely N-dealkylation sites (N-methyl/N-ethyl adjacent to an activating group) is 1. The number of amides is 1. The van der Waals surface area contributed by atoms with E-state index in [0.29, 0.717) is 17.4 Å². The van der Waals surface area contributed by atoms with Crippen molar-refractivity contribution in [1.29, 1.82) is 0 Å². The van der Waals surface area contributed by atoms with Gasteiger partial charge in [-0.1, -0.05) is 411 Å². The lowest BCUT2D eigenvalue weighted by atomic mass is 10.0. The molecule has 3 atom stereocenters. The highest BCUT2D eigenvalue weighted by atomic mass is 31.2. The van der Waals surface area contributed by atoms with Crippen molar-refractivity contribution in [2.45, 2.75) is 437 Å². The van der Waals surface area contributed by atoms with E-state index in [2.05, 4.69) is 19.2 Å². The summed E-state index contributed by atoms with van der Waals surface area (Å²) in [5.41, 5.74) is 0. The molecule has 0 spiro atoms. The molecule has 3 unspecified atom stereocenters. The van der Waals surface area contributed by atoms with Gasteiger partial charge in [0.2, 0.25) is 5.91 Å². The van der Waals surface area contributed by atoms with Crippen LogP contribution in [0.25, 0.3) is 0 Å². The first-order valence-electron chi connectivity index (χ1n) is 39.1. The minimum Gasteiger partial charge on any atom is -0.756 e. The predicted octanol–water partition coefficient (Wildman–Crippen LogP) is 24.6. The molecule has 0 aliphatic rings. The summed E-state index contributed by atoms with van der Waals surface area (Å²) in [6.45, 7) is 4.73. The van der Waals surface area contributed by atoms with Gasteiger partial charge in [-0.2, -0.15) is 0 Å². The van der Waals surface area contributed by atoms with Crippen molar-refractivity contribution >= 4 is 13.7 Å². The fraction of sp³-hybridized carbons (Fsp3) is 0.961. The topological polar surface area (TPSA) is 108 Å². The Morgan fingerprint density at radius 1 is 0.395 bits per heavy atom. The van der Waals surface area contributed by atoms with Gasteiger partial charge in [0, 0.05) is 6.42 Å². The van der Waals surface area contributed by atoms with Gasteiger partial charge in [0.15, 0.2) is 0 Å². The zero-order valence-corrected chi connectivity index (χ0v) is 60.0. The molecule has 0 bridgehead atoms. The summed E-state index contributed by atoms with van der Waals surface area (Å²) in [6, 6.07) is -0.884. The van der Waals surface area contributed by atoms with Crippen molar-refractivity contribution in [3.05, 3.63) is 12.2 Å². The molecule has 2 N–H and O–H groups in total. The van der Waals surface area contributed by atoms with Gasteiger partial charge in [0.1, 0.15) is 13.2 Å². The van der Waals surface area contributed by atoms with Crippen molar-refractivity contribution in [3.8, 4) is 0 Å². The third-order valence-electron chi connectivity index (χ3n) is 18.5. The molecule has 0 aromatic rings. The molecule has 514 valence electrons. The molecule has 0 aromatic carbocycles. The summed E-state index contributed by atoms with van der Waals surface area (Å²) in [5.74, 6) is -0.186. The van der Waals surface area contributed by atoms with Gasteiger partial charge in [-0.05, 0) is 19.3 Å². The number of hydrogen-bond acceptors (Lipinski definition) is 6. The Labute approximate surface area is 539 Å². The maximum Gasteiger partial charge on any atom is 0.268 e. The molecule has 0 fully saturated rings. The number of carbonyl (C=O) groups is 1. The van der Waals surface area contributed by atoms with Crippen molar-refractivity contribution < 1.29 is 32.9 Å². The van der Waals surface area contributed by atoms with Crippen molar-refractivity contribution in [2.24, 2.45) is 0 Å². The average Bonchev–Trinajstić information content (AvgIpc) is 3.68. The largest absolute Gasteiger partial charge is 0.756 e. The van der Waals surface area contributed by atoms with Crippen LogP contribution in [0, 0.1) is 0 Å². The smallest absolute Gasteiger partial charge is 0.268 e. The van der Waals surface area contributed by atoms with Crippen LogP contribution in [0.3, 0.4) is 0 Å². The molecule has 8 nitrogen and oxygen atoms in total. The second-order valence-electron chi connectivity index (χ2n) is 28.4. The van der Waals surface area contributed by atoms with Crippen LogP contribution in [-0.4, -0.2) is 68.5 Å². The van der Waals surface area contributed by atoms with E-state index in [1.165, 1.54) is 366 Å². The van der Waals surface area contributed by atoms with Crippen LogP contribution in [0.1, 0.15) is 425 Å². The summed E-state index contributed by atoms with van der Waals surface area (Å²) >= 11 is 0. The van der Waals surface area contributed by atoms with E-state index in [9.17, 15) is 19.4 Å². The van der Waals surface area contributed by atoms with Crippen LogP contribution in [0.2, 0.25) is 0 Å². The van der Waals surface area contributed by atoms with Crippen molar-refractivity contribution in [2.75, 3.05) is 40.9 Å². The number of phosphoric acid groups is 1. The Hall–Kier alpha value is -0.760. The summed E-state index contributed by atoms with van der Waals surface area (Å²) in [6.07, 6.45) is 89.5. The summed E-state index contributed by atoms with van der Waals surface area (Å²) < 4.78 is 23.5. The number of nitrogens with one attached hydrogen (secondary N) is 1. The highest BCUT2D eigenvalue weighted by molar-refractivity contribution is 7.45. The Balaban J connectivity index is 3.95. The molecule has 0 saturated carbocycles. The Bertz CT molecular complexity index is 1410. The molecule has 0 aliphatic heterocycles. The lowest BCUT2D eigenvalue weighted by molar-refractivity contribution is -0.870. The number of phosphoric ester groups is 1. The fourth-order valence-electron chi connectivity index (χ4n) is 12.5. The molecule has 0 aliphatic carbocycles. The van der Waals surface area contributed by atoms with Crippen LogP contribution in [0.5, 0.6) is 0 Å². The molecule has 0 rings (SSSR count). The maximum atomic E-state index is 13.1. The molecular weight excluding hydrogens is 1080 g/mol. The van der Waals surface area contributed by atoms with E-state index in [1.54, 1.807) is 6.08 Å². The van der Waals surface area contributed by atoms with Gasteiger partial charge in [-0.25, -0.2) is 0 Å². The molecule has 1 amide bonds. The number of quaternary nitrogens is 1. The van der Waals surface area contributed by atoms with E-state index >= 15 is 0 Å². The molecule has 86 heavy (non-hydrogen) atoms. The first-order valence-corrected chi connectivity index (χ1v) is 40.5. The minimum absolute atomic E-state index is 0.00314. The van der Waals surface area contributed by atoms with Crippen molar-refractivity contribution in [3.63, 3.8) is 0 Å². The van der Waals surface area contributed by atoms with Gasteiger partial charge in [0.05, 0.1) is 39.9 Å². The molecule has 0 radical (unpaired) electrons. The second-order valence-corrected chi connectivity index (χ2v) is 29.8. The van der Waals surface area contributed by atoms with Crippen molar-refractivity contribution in [1.82, 2.24) is 5.32 Å². The van der Waals surface area contributed by atoms with Crippen LogP contribution in [0.4, 0.5) is 0 Å². The Kier molecular flexibility index (Phi) is 68.0. The average molecular weight is 1240 g/mol. The first-order chi connectivity index (χ1) is 42.0. The van der Waals surface area contributed by atoms with Crippen LogP contribution < -0.4 is 10.2 Å². The highest BCUT2D eigenvalue weighted by Gasteiger charge is 2.23. The van der Waals surface area contributed by atoms with E-state index < -0.39 is 20.0 Å². The minimum atomic E-state index is -4.60. The summed E-state index contributed by atoms with van der Waals surface area (Å²) in [5, 5.41) is 14.0. The molecular formula is C77H155N2O6P. The normalized spacial score (nSPS) is 13.5. The van der Waals surface area contributed by atoms with Crippen LogP contribution in [-0.2, 0) is 18.4 Å². The lowest BCUT2D eigenvalue weighted by Gasteiger charge is -2.29. The van der Waals surface area contributed by atoms with Gasteiger partial charge >= 0.3 is 0 Å². The van der Waals surface area contributed by atoms with E-state index in [0.717, 1.165) is 38.5 Å². The zero-order chi connectivity index (χ0) is 62.6. The Morgan fingerprint density at radius 3 is 0.872 bits per heavy atom. The summed E-state index contributed by atoms with van der Waals surface area (Å²) in [4.78, 5) is 25.7. The lowest BCUT2D eigenvalue weighted by Crippen LogP contribution is -2.45. The standard InChI is InChI=1S/C77H155N2O6P/c1-6-8-10-12-14-16-18-20-22-24-26-28-30-32-34-36-38-39-40-41-43-45-47-49-51-53-55-57-59-61-63-65-67-69-71-77(81)78-75(74-85-86(82,83)84-73-72-79(3,4)5)76(80)70-68-66-64-62-60-58-56-54-52-50-48-46-44-42-37-35-33-31-29-27-25-23-21-19-17-15-13-11-9-7-2/h68,70,75-76,80H,6-67,69,71-74H2,1-5H3,(H-,78,81,82,83)/b70-68+. The number of allylic oxidation sites excluding steroid dienone is 1. The fourth-order valence-corrected chi connectivity index (χ4v) is 13.2. The summed E-state index contributed by atoms with van der Waals surface area (Å²) in [7, 11) is 1.29. The van der Waals surface area contributed by atoms with Gasteiger partial charge in [-0.15, -0.1) is 0 Å². The number of nitrogens with zero attached hydrogens (tertiary/aromatic N) is 1. The number of rotatable bonds is 74. The third kappa shape index (κ3) is 70.7. The number of unbranched alkanes of at least 4 members (excludes halogenated alkanes) is 61. The number of aliphatic hydroxyl groups excluding tert-OH is 1. The number of aliphatic hydroxyl groups is 1. The van der Waals surface area contributed by atoms with E-state index in [4.69, 9.17) is 9.05 Å². The van der Waals surface area contributed by atoms with Crippen LogP contribution >= 0.6 is 7.82 Å². The predicted molar refractivity (Wildman–Crippen MR) is 376 cm³/mol. The van der Waals surface area contributed by atoms with Gasteiger partial charge in [0.25, 0.3) is 7.82 Å². The Morgan fingerprint density at radius 2 is 0.628 bits per heavy atom. The van der Waals surface area contributed by atoms with Crippen LogP contribution in [0.15, 0.2) is 12.2 Å². The number of carbonyl (C=O) groups excluding carboxylic acids is 1. The third-order valence-corrected chi connectivity index (χ3v) is 19.5. The molecule has 0 aromatic heterocycles. The SMILES string of the molecule is CCCCCCCCCCCCCCCCCCCCCCCCCCCCCC/C=C/C(O)C(COP(=O)([O-])OCC[N+](C)(C)C)NC(=O)CCCCCCCCCCCCCCCCCCCCCCCCCCCCCCCCCCCC. The molecule has 0 heterocycles. The van der Waals surface area contributed by atoms with Gasteiger partial charge in [-0.3, -0.25) is 9.36 Å². The van der Waals surface area contributed by atoms with E-state index in [1.807, 2.05) is 27.2 Å². The second kappa shape index (κ2) is 68.6. The highest BCUT2D eigenvalue weighted by Crippen LogP contribution is 2.38. The van der Waals surface area contributed by atoms with Gasteiger partial charge < -0.3 is 28.8 Å². The monoisotopic (exact) mass is 1240 g/mol. The molecule has 9 heteroatoms. The first kappa shape index (κ1) is 85.2. The number of hydrogen-bond donors (Lipinski definition) is 2. The van der Waals surface area contributed by atoms with E-state index in [-0.39, 0.29) is 19.1 Å². The maximum absolute atomic E-state index is 13.1. The molecule has 0 saturated heterocycles.